The summed E-state index contributed by atoms with van der Waals surface area (Å²) in [5, 5.41) is 11.0. The highest BCUT2D eigenvalue weighted by atomic mass is 16.6. The molecule has 0 bridgehead atoms. The molecular formula is C17H23NO3. The third-order valence-electron chi connectivity index (χ3n) is 4.46. The fraction of sp³-hybridized carbons (Fsp3) is 0.588. The second kappa shape index (κ2) is 6.83. The second-order valence-corrected chi connectivity index (χ2v) is 6.26. The average molecular weight is 289 g/mol. The van der Waals surface area contributed by atoms with Crippen LogP contribution in [0.25, 0.3) is 0 Å². The summed E-state index contributed by atoms with van der Waals surface area (Å²) in [5.41, 5.74) is 2.14. The van der Waals surface area contributed by atoms with Gasteiger partial charge in [0.05, 0.1) is 5.92 Å². The fourth-order valence-electron chi connectivity index (χ4n) is 3.19. The van der Waals surface area contributed by atoms with Crippen molar-refractivity contribution in [3.63, 3.8) is 0 Å². The number of hydrogen-bond acceptors (Lipinski definition) is 3. The van der Waals surface area contributed by atoms with Crippen molar-refractivity contribution in [2.75, 3.05) is 6.54 Å². The summed E-state index contributed by atoms with van der Waals surface area (Å²) in [6.45, 7) is 4.08. The number of hydrogen-bond donors (Lipinski definition) is 0. The maximum Gasteiger partial charge on any atom is 0.211 e. The zero-order valence-electron chi connectivity index (χ0n) is 12.7. The minimum absolute atomic E-state index is 0.155. The zero-order valence-corrected chi connectivity index (χ0v) is 12.7. The summed E-state index contributed by atoms with van der Waals surface area (Å²) in [7, 11) is 0. The Hall–Kier alpha value is -1.71. The van der Waals surface area contributed by atoms with Crippen LogP contribution in [0.2, 0.25) is 0 Å². The first-order valence-electron chi connectivity index (χ1n) is 7.73. The van der Waals surface area contributed by atoms with Crippen LogP contribution in [-0.2, 0) is 4.79 Å². The molecule has 0 N–H and O–H groups in total. The van der Waals surface area contributed by atoms with Crippen LogP contribution in [0.1, 0.15) is 62.5 Å². The van der Waals surface area contributed by atoms with Crippen LogP contribution in [-0.4, -0.2) is 17.3 Å². The van der Waals surface area contributed by atoms with Gasteiger partial charge in [0, 0.05) is 17.3 Å². The lowest BCUT2D eigenvalue weighted by atomic mass is 9.75. The number of rotatable bonds is 5. The Bertz CT molecular complexity index is 507. The highest BCUT2D eigenvalue weighted by Crippen LogP contribution is 2.34. The topological polar surface area (TPSA) is 60.2 Å². The van der Waals surface area contributed by atoms with E-state index in [2.05, 4.69) is 13.8 Å². The number of Topliss-reactive ketones (excluding diaryl/α,β-unsaturated/α-hetero) is 1. The Labute approximate surface area is 125 Å². The first-order chi connectivity index (χ1) is 9.99. The van der Waals surface area contributed by atoms with Gasteiger partial charge in [-0.15, -0.1) is 0 Å². The summed E-state index contributed by atoms with van der Waals surface area (Å²) in [4.78, 5) is 22.9. The number of nitrogens with zero attached hydrogens (tertiary/aromatic N) is 1. The van der Waals surface area contributed by atoms with E-state index in [1.807, 2.05) is 24.3 Å². The average Bonchev–Trinajstić information content (AvgIpc) is 2.45. The molecule has 0 radical (unpaired) electrons. The Kier molecular flexibility index (Phi) is 5.10. The molecule has 2 atom stereocenters. The maximum absolute atomic E-state index is 12.1. The summed E-state index contributed by atoms with van der Waals surface area (Å²) < 4.78 is 0. The van der Waals surface area contributed by atoms with Gasteiger partial charge in [-0.2, -0.15) is 0 Å². The van der Waals surface area contributed by atoms with Crippen LogP contribution in [0.4, 0.5) is 0 Å². The lowest BCUT2D eigenvalue weighted by molar-refractivity contribution is -0.484. The van der Waals surface area contributed by atoms with E-state index in [1.54, 1.807) is 0 Å². The highest BCUT2D eigenvalue weighted by Gasteiger charge is 2.34. The maximum atomic E-state index is 12.1. The molecule has 0 heterocycles. The van der Waals surface area contributed by atoms with Crippen LogP contribution in [0.3, 0.4) is 0 Å². The van der Waals surface area contributed by atoms with Crippen LogP contribution in [0.15, 0.2) is 24.3 Å². The van der Waals surface area contributed by atoms with E-state index in [4.69, 9.17) is 0 Å². The summed E-state index contributed by atoms with van der Waals surface area (Å²) >= 11 is 0. The lowest BCUT2D eigenvalue weighted by Gasteiger charge is -2.27. The van der Waals surface area contributed by atoms with Gasteiger partial charge < -0.3 is 0 Å². The van der Waals surface area contributed by atoms with Gasteiger partial charge in [-0.05, 0) is 29.9 Å². The number of carbonyl (C=O) groups excluding carboxylic acids is 1. The molecule has 2 rings (SSSR count). The molecule has 1 aliphatic carbocycles. The van der Waals surface area contributed by atoms with Crippen molar-refractivity contribution in [3.05, 3.63) is 45.5 Å². The molecule has 0 saturated heterocycles. The van der Waals surface area contributed by atoms with Crippen LogP contribution >= 0.6 is 0 Å². The van der Waals surface area contributed by atoms with Crippen LogP contribution < -0.4 is 0 Å². The monoisotopic (exact) mass is 289 g/mol. The van der Waals surface area contributed by atoms with Crippen molar-refractivity contribution in [3.8, 4) is 0 Å². The predicted octanol–water partition coefficient (Wildman–Crippen LogP) is 3.93. The van der Waals surface area contributed by atoms with E-state index >= 15 is 0 Å². The van der Waals surface area contributed by atoms with Gasteiger partial charge in [0.15, 0.2) is 0 Å². The number of nitro groups is 1. The molecule has 1 aromatic carbocycles. The Morgan fingerprint density at radius 3 is 2.33 bits per heavy atom. The molecule has 1 aromatic rings. The summed E-state index contributed by atoms with van der Waals surface area (Å²) in [6, 6.07) is 7.98. The van der Waals surface area contributed by atoms with Gasteiger partial charge in [-0.3, -0.25) is 14.9 Å². The minimum atomic E-state index is -0.289. The molecule has 0 aliphatic heterocycles. The van der Waals surface area contributed by atoms with Gasteiger partial charge in [0.2, 0.25) is 6.54 Å². The predicted molar refractivity (Wildman–Crippen MR) is 82.1 cm³/mol. The van der Waals surface area contributed by atoms with Gasteiger partial charge >= 0.3 is 0 Å². The van der Waals surface area contributed by atoms with Crippen molar-refractivity contribution in [1.29, 1.82) is 0 Å². The summed E-state index contributed by atoms with van der Waals surface area (Å²) in [6.07, 6.45) is 3.27. The molecule has 1 aliphatic rings. The van der Waals surface area contributed by atoms with Crippen molar-refractivity contribution in [2.24, 2.45) is 5.92 Å². The number of benzene rings is 1. The molecule has 4 nitrogen and oxygen atoms in total. The van der Waals surface area contributed by atoms with E-state index in [9.17, 15) is 14.9 Å². The Morgan fingerprint density at radius 2 is 1.81 bits per heavy atom. The Morgan fingerprint density at radius 1 is 1.19 bits per heavy atom. The van der Waals surface area contributed by atoms with Crippen molar-refractivity contribution >= 4 is 5.78 Å². The third kappa shape index (κ3) is 3.90. The normalized spacial score (nSPS) is 20.5. The molecule has 0 spiro atoms. The van der Waals surface area contributed by atoms with E-state index in [0.29, 0.717) is 12.3 Å². The lowest BCUT2D eigenvalue weighted by Crippen LogP contribution is -2.30. The van der Waals surface area contributed by atoms with Crippen molar-refractivity contribution in [1.82, 2.24) is 0 Å². The SMILES string of the molecule is CC(C)c1ccc([C@@H](C[N+](=O)[O-])[C@H]2CCCCC2=O)cc1. The van der Waals surface area contributed by atoms with Gasteiger partial charge in [0.25, 0.3) is 0 Å². The highest BCUT2D eigenvalue weighted by molar-refractivity contribution is 5.82. The molecular weight excluding hydrogens is 266 g/mol. The van der Waals surface area contributed by atoms with E-state index in [-0.39, 0.29) is 29.1 Å². The molecule has 0 unspecified atom stereocenters. The van der Waals surface area contributed by atoms with E-state index < -0.39 is 0 Å². The second-order valence-electron chi connectivity index (χ2n) is 6.26. The van der Waals surface area contributed by atoms with Gasteiger partial charge in [-0.25, -0.2) is 0 Å². The smallest absolute Gasteiger partial charge is 0.211 e. The first-order valence-corrected chi connectivity index (χ1v) is 7.73. The summed E-state index contributed by atoms with van der Waals surface area (Å²) in [5.74, 6) is 0.161. The number of ketones is 1. The zero-order chi connectivity index (χ0) is 15.4. The van der Waals surface area contributed by atoms with Crippen molar-refractivity contribution < 1.29 is 9.72 Å². The number of carbonyl (C=O) groups is 1. The molecule has 0 aromatic heterocycles. The van der Waals surface area contributed by atoms with Crippen molar-refractivity contribution in [2.45, 2.75) is 51.4 Å². The molecule has 1 fully saturated rings. The van der Waals surface area contributed by atoms with Gasteiger partial charge in [0.1, 0.15) is 5.78 Å². The van der Waals surface area contributed by atoms with E-state index in [0.717, 1.165) is 24.8 Å². The first kappa shape index (κ1) is 15.7. The quantitative estimate of drug-likeness (QED) is 0.609. The molecule has 114 valence electrons. The molecule has 1 saturated carbocycles. The standard InChI is InChI=1S/C17H23NO3/c1-12(2)13-7-9-14(10-8-13)16(11-18(20)21)15-5-3-4-6-17(15)19/h7-10,12,15-16H,3-6,11H2,1-2H3/t15-,16-/m1/s1. The largest absolute Gasteiger partial charge is 0.299 e. The fourth-order valence-corrected chi connectivity index (χ4v) is 3.19. The Balaban J connectivity index is 2.26. The molecule has 0 amide bonds. The molecule has 21 heavy (non-hydrogen) atoms. The van der Waals surface area contributed by atoms with Crippen LogP contribution in [0, 0.1) is 16.0 Å². The minimum Gasteiger partial charge on any atom is -0.299 e. The third-order valence-corrected chi connectivity index (χ3v) is 4.46. The van der Waals surface area contributed by atoms with Gasteiger partial charge in [-0.1, -0.05) is 44.5 Å². The van der Waals surface area contributed by atoms with Crippen LogP contribution in [0.5, 0.6) is 0 Å². The van der Waals surface area contributed by atoms with E-state index in [1.165, 1.54) is 5.56 Å². The molecule has 4 heteroatoms.